The molecule has 0 N–H and O–H groups in total. The molecule has 15 heavy (non-hydrogen) atoms. The predicted molar refractivity (Wildman–Crippen MR) is 63.9 cm³/mol. The van der Waals surface area contributed by atoms with E-state index in [2.05, 4.69) is 32.7 Å². The van der Waals surface area contributed by atoms with Crippen LogP contribution in [0.1, 0.15) is 46.5 Å². The number of carbonyl (C=O) groups is 1. The summed E-state index contributed by atoms with van der Waals surface area (Å²) in [4.78, 5) is 13.5. The SMILES string of the molecule is CN(CC(C)(C)C)CC1(C=O)CCCC1. The summed E-state index contributed by atoms with van der Waals surface area (Å²) >= 11 is 0. The lowest BCUT2D eigenvalue weighted by Crippen LogP contribution is -2.39. The molecule has 1 aliphatic carbocycles. The largest absolute Gasteiger partial charge is 0.305 e. The van der Waals surface area contributed by atoms with E-state index in [0.717, 1.165) is 25.9 Å². The molecule has 0 aromatic carbocycles. The topological polar surface area (TPSA) is 20.3 Å². The van der Waals surface area contributed by atoms with Crippen LogP contribution in [0.25, 0.3) is 0 Å². The second-order valence-electron chi connectivity index (χ2n) is 6.42. The third-order valence-corrected chi connectivity index (χ3v) is 3.18. The summed E-state index contributed by atoms with van der Waals surface area (Å²) < 4.78 is 0. The molecule has 1 saturated carbocycles. The average molecular weight is 211 g/mol. The molecule has 0 aliphatic heterocycles. The lowest BCUT2D eigenvalue weighted by Gasteiger charge is -2.32. The van der Waals surface area contributed by atoms with Crippen LogP contribution in [-0.2, 0) is 4.79 Å². The van der Waals surface area contributed by atoms with Crippen molar-refractivity contribution in [1.82, 2.24) is 4.90 Å². The molecule has 2 heteroatoms. The number of hydrogen-bond acceptors (Lipinski definition) is 2. The van der Waals surface area contributed by atoms with Gasteiger partial charge in [-0.05, 0) is 25.3 Å². The first-order chi connectivity index (χ1) is 6.87. The van der Waals surface area contributed by atoms with Crippen LogP contribution < -0.4 is 0 Å². The maximum absolute atomic E-state index is 11.2. The number of carbonyl (C=O) groups excluding carboxylic acids is 1. The van der Waals surface area contributed by atoms with Gasteiger partial charge in [-0.1, -0.05) is 33.6 Å². The van der Waals surface area contributed by atoms with Crippen LogP contribution in [0.2, 0.25) is 0 Å². The monoisotopic (exact) mass is 211 g/mol. The third kappa shape index (κ3) is 3.94. The Kier molecular flexibility index (Phi) is 3.93. The first kappa shape index (κ1) is 12.7. The molecule has 0 radical (unpaired) electrons. The van der Waals surface area contributed by atoms with E-state index in [9.17, 15) is 4.79 Å². The van der Waals surface area contributed by atoms with E-state index in [1.54, 1.807) is 0 Å². The Bertz CT molecular complexity index is 211. The zero-order valence-electron chi connectivity index (χ0n) is 10.7. The van der Waals surface area contributed by atoms with Crippen molar-refractivity contribution < 1.29 is 4.79 Å². The molecular weight excluding hydrogens is 186 g/mol. The van der Waals surface area contributed by atoms with Crippen LogP contribution >= 0.6 is 0 Å². The highest BCUT2D eigenvalue weighted by molar-refractivity contribution is 5.60. The summed E-state index contributed by atoms with van der Waals surface area (Å²) in [5.41, 5.74) is 0.289. The minimum Gasteiger partial charge on any atom is -0.305 e. The van der Waals surface area contributed by atoms with Crippen LogP contribution in [0.5, 0.6) is 0 Å². The number of nitrogens with zero attached hydrogens (tertiary/aromatic N) is 1. The summed E-state index contributed by atoms with van der Waals surface area (Å²) in [6.07, 6.45) is 5.83. The molecule has 0 amide bonds. The average Bonchev–Trinajstić information content (AvgIpc) is 2.50. The molecule has 1 fully saturated rings. The Morgan fingerprint density at radius 1 is 1.27 bits per heavy atom. The Labute approximate surface area is 94.0 Å². The van der Waals surface area contributed by atoms with E-state index in [4.69, 9.17) is 0 Å². The van der Waals surface area contributed by atoms with Gasteiger partial charge in [0.15, 0.2) is 0 Å². The summed E-state index contributed by atoms with van der Waals surface area (Å²) in [5, 5.41) is 0. The highest BCUT2D eigenvalue weighted by atomic mass is 16.1. The summed E-state index contributed by atoms with van der Waals surface area (Å²) in [5.74, 6) is 0. The summed E-state index contributed by atoms with van der Waals surface area (Å²) in [6.45, 7) is 8.72. The van der Waals surface area contributed by atoms with Crippen molar-refractivity contribution in [3.05, 3.63) is 0 Å². The molecule has 0 spiro atoms. The Balaban J connectivity index is 2.48. The third-order valence-electron chi connectivity index (χ3n) is 3.18. The zero-order valence-corrected chi connectivity index (χ0v) is 10.7. The van der Waals surface area contributed by atoms with Crippen LogP contribution in [0.15, 0.2) is 0 Å². The van der Waals surface area contributed by atoms with E-state index < -0.39 is 0 Å². The highest BCUT2D eigenvalue weighted by Crippen LogP contribution is 2.37. The van der Waals surface area contributed by atoms with Crippen molar-refractivity contribution in [2.75, 3.05) is 20.1 Å². The van der Waals surface area contributed by atoms with E-state index >= 15 is 0 Å². The quantitative estimate of drug-likeness (QED) is 0.666. The van der Waals surface area contributed by atoms with E-state index in [1.165, 1.54) is 19.1 Å². The predicted octanol–water partition coefficient (Wildman–Crippen LogP) is 2.72. The van der Waals surface area contributed by atoms with Crippen molar-refractivity contribution in [3.8, 4) is 0 Å². The molecule has 0 saturated heterocycles. The van der Waals surface area contributed by atoms with Gasteiger partial charge in [-0.15, -0.1) is 0 Å². The molecule has 88 valence electrons. The molecule has 0 heterocycles. The van der Waals surface area contributed by atoms with Gasteiger partial charge in [-0.2, -0.15) is 0 Å². The molecule has 0 aromatic rings. The van der Waals surface area contributed by atoms with Crippen molar-refractivity contribution in [2.45, 2.75) is 46.5 Å². The van der Waals surface area contributed by atoms with E-state index in [1.807, 2.05) is 0 Å². The number of aldehydes is 1. The summed E-state index contributed by atoms with van der Waals surface area (Å²) in [6, 6.07) is 0. The fraction of sp³-hybridized carbons (Fsp3) is 0.923. The zero-order chi connectivity index (χ0) is 11.5. The Hall–Kier alpha value is -0.370. The minimum absolute atomic E-state index is 0.0278. The Morgan fingerprint density at radius 2 is 1.80 bits per heavy atom. The molecular formula is C13H25NO. The van der Waals surface area contributed by atoms with Crippen molar-refractivity contribution in [1.29, 1.82) is 0 Å². The number of rotatable bonds is 4. The van der Waals surface area contributed by atoms with E-state index in [-0.39, 0.29) is 5.41 Å². The highest BCUT2D eigenvalue weighted by Gasteiger charge is 2.35. The second kappa shape index (κ2) is 4.65. The Morgan fingerprint density at radius 3 is 2.20 bits per heavy atom. The number of hydrogen-bond donors (Lipinski definition) is 0. The molecule has 0 atom stereocenters. The van der Waals surface area contributed by atoms with Gasteiger partial charge in [0.1, 0.15) is 6.29 Å². The van der Waals surface area contributed by atoms with Crippen molar-refractivity contribution in [2.24, 2.45) is 10.8 Å². The van der Waals surface area contributed by atoms with Crippen LogP contribution in [0.4, 0.5) is 0 Å². The molecule has 1 aliphatic rings. The van der Waals surface area contributed by atoms with Crippen LogP contribution in [0.3, 0.4) is 0 Å². The van der Waals surface area contributed by atoms with Crippen molar-refractivity contribution >= 4 is 6.29 Å². The standard InChI is InChI=1S/C13H25NO/c1-12(2,3)9-14(4)10-13(11-15)7-5-6-8-13/h11H,5-10H2,1-4H3. The normalized spacial score (nSPS) is 20.9. The second-order valence-corrected chi connectivity index (χ2v) is 6.42. The fourth-order valence-electron chi connectivity index (χ4n) is 2.80. The molecule has 2 nitrogen and oxygen atoms in total. The molecule has 0 bridgehead atoms. The van der Waals surface area contributed by atoms with Crippen molar-refractivity contribution in [3.63, 3.8) is 0 Å². The molecule has 1 rings (SSSR count). The summed E-state index contributed by atoms with van der Waals surface area (Å²) in [7, 11) is 2.13. The molecule has 0 aromatic heterocycles. The van der Waals surface area contributed by atoms with E-state index in [0.29, 0.717) is 5.41 Å². The van der Waals surface area contributed by atoms with Gasteiger partial charge in [0, 0.05) is 18.5 Å². The van der Waals surface area contributed by atoms with Gasteiger partial charge < -0.3 is 9.69 Å². The van der Waals surface area contributed by atoms with Gasteiger partial charge in [0.25, 0.3) is 0 Å². The van der Waals surface area contributed by atoms with Crippen LogP contribution in [-0.4, -0.2) is 31.3 Å². The molecule has 0 unspecified atom stereocenters. The smallest absolute Gasteiger partial charge is 0.127 e. The fourth-order valence-corrected chi connectivity index (χ4v) is 2.80. The maximum atomic E-state index is 11.2. The van der Waals surface area contributed by atoms with Gasteiger partial charge in [0.05, 0.1) is 0 Å². The van der Waals surface area contributed by atoms with Gasteiger partial charge >= 0.3 is 0 Å². The maximum Gasteiger partial charge on any atom is 0.127 e. The minimum atomic E-state index is -0.0278. The van der Waals surface area contributed by atoms with Crippen LogP contribution in [0, 0.1) is 10.8 Å². The lowest BCUT2D eigenvalue weighted by molar-refractivity contribution is -0.117. The first-order valence-corrected chi connectivity index (χ1v) is 6.02. The first-order valence-electron chi connectivity index (χ1n) is 6.02. The van der Waals surface area contributed by atoms with Gasteiger partial charge in [-0.25, -0.2) is 0 Å². The van der Waals surface area contributed by atoms with Gasteiger partial charge in [-0.3, -0.25) is 0 Å². The van der Waals surface area contributed by atoms with Gasteiger partial charge in [0.2, 0.25) is 0 Å². The lowest BCUT2D eigenvalue weighted by atomic mass is 9.86.